The van der Waals surface area contributed by atoms with Crippen molar-refractivity contribution >= 4 is 11.8 Å². The predicted octanol–water partition coefficient (Wildman–Crippen LogP) is 3.68. The third-order valence-electron chi connectivity index (χ3n) is 4.48. The Morgan fingerprint density at radius 2 is 1.92 bits per heavy atom. The molecule has 24 heavy (non-hydrogen) atoms. The molecule has 2 rings (SSSR count). The van der Waals surface area contributed by atoms with Crippen molar-refractivity contribution in [2.75, 3.05) is 6.54 Å². The van der Waals surface area contributed by atoms with E-state index in [2.05, 4.69) is 33.0 Å². The number of likely N-dealkylation sites (tertiary alicyclic amines) is 1. The van der Waals surface area contributed by atoms with E-state index in [0.717, 1.165) is 24.8 Å². The van der Waals surface area contributed by atoms with Crippen LogP contribution in [0.1, 0.15) is 65.0 Å². The van der Waals surface area contributed by atoms with Crippen molar-refractivity contribution in [3.8, 4) is 0 Å². The highest BCUT2D eigenvalue weighted by Crippen LogP contribution is 2.25. The molecule has 132 valence electrons. The summed E-state index contributed by atoms with van der Waals surface area (Å²) in [6, 6.07) is 9.69. The van der Waals surface area contributed by atoms with Gasteiger partial charge in [0.05, 0.1) is 6.04 Å². The molecule has 1 N–H and O–H groups in total. The highest BCUT2D eigenvalue weighted by Gasteiger charge is 2.35. The van der Waals surface area contributed by atoms with E-state index in [1.165, 1.54) is 0 Å². The van der Waals surface area contributed by atoms with Gasteiger partial charge in [-0.25, -0.2) is 0 Å². The Balaban J connectivity index is 2.03. The van der Waals surface area contributed by atoms with Gasteiger partial charge in [-0.2, -0.15) is 0 Å². The van der Waals surface area contributed by atoms with Crippen LogP contribution in [0.3, 0.4) is 0 Å². The van der Waals surface area contributed by atoms with E-state index in [1.807, 2.05) is 30.3 Å². The lowest BCUT2D eigenvalue weighted by Gasteiger charge is -2.29. The molecule has 1 saturated heterocycles. The van der Waals surface area contributed by atoms with Gasteiger partial charge < -0.3 is 10.2 Å². The zero-order chi connectivity index (χ0) is 17.7. The number of carbonyl (C=O) groups is 2. The zero-order valence-electron chi connectivity index (χ0n) is 15.3. The second-order valence-corrected chi connectivity index (χ2v) is 7.86. The molecule has 1 heterocycles. The van der Waals surface area contributed by atoms with Crippen LogP contribution in [0.5, 0.6) is 0 Å². The number of hydrogen-bond acceptors (Lipinski definition) is 2. The molecule has 4 nitrogen and oxygen atoms in total. The summed E-state index contributed by atoms with van der Waals surface area (Å²) in [5.41, 5.74) is 1.05. The second kappa shape index (κ2) is 7.82. The number of benzene rings is 1. The van der Waals surface area contributed by atoms with Gasteiger partial charge in [-0.15, -0.1) is 0 Å². The van der Waals surface area contributed by atoms with Crippen LogP contribution in [0.25, 0.3) is 0 Å². The molecule has 0 bridgehead atoms. The Morgan fingerprint density at radius 3 is 2.50 bits per heavy atom. The van der Waals surface area contributed by atoms with Crippen LogP contribution in [0.4, 0.5) is 0 Å². The van der Waals surface area contributed by atoms with E-state index in [1.54, 1.807) is 4.90 Å². The minimum atomic E-state index is -0.322. The summed E-state index contributed by atoms with van der Waals surface area (Å²) in [5, 5.41) is 3.14. The molecule has 1 aromatic rings. The van der Waals surface area contributed by atoms with E-state index in [4.69, 9.17) is 0 Å². The number of rotatable bonds is 5. The molecule has 2 atom stereocenters. The van der Waals surface area contributed by atoms with E-state index < -0.39 is 0 Å². The van der Waals surface area contributed by atoms with Crippen molar-refractivity contribution in [1.82, 2.24) is 10.2 Å². The van der Waals surface area contributed by atoms with Gasteiger partial charge in [0.15, 0.2) is 0 Å². The normalized spacial score (nSPS) is 19.2. The van der Waals surface area contributed by atoms with Crippen molar-refractivity contribution in [1.29, 1.82) is 0 Å². The van der Waals surface area contributed by atoms with Crippen LogP contribution in [0, 0.1) is 5.41 Å². The lowest BCUT2D eigenvalue weighted by Crippen LogP contribution is -2.47. The van der Waals surface area contributed by atoms with Crippen molar-refractivity contribution in [3.05, 3.63) is 35.9 Å². The molecular weight excluding hydrogens is 300 g/mol. The predicted molar refractivity (Wildman–Crippen MR) is 96.4 cm³/mol. The van der Waals surface area contributed by atoms with Crippen LogP contribution >= 0.6 is 0 Å². The molecule has 1 aliphatic rings. The Bertz CT molecular complexity index is 563. The van der Waals surface area contributed by atoms with Crippen LogP contribution in [-0.2, 0) is 9.59 Å². The first kappa shape index (κ1) is 18.5. The van der Waals surface area contributed by atoms with E-state index >= 15 is 0 Å². The fraction of sp³-hybridized carbons (Fsp3) is 0.600. The maximum Gasteiger partial charge on any atom is 0.243 e. The third-order valence-corrected chi connectivity index (χ3v) is 4.48. The topological polar surface area (TPSA) is 49.4 Å². The molecule has 0 spiro atoms. The first-order valence-corrected chi connectivity index (χ1v) is 8.96. The van der Waals surface area contributed by atoms with Crippen LogP contribution in [-0.4, -0.2) is 29.3 Å². The molecule has 0 unspecified atom stereocenters. The summed E-state index contributed by atoms with van der Waals surface area (Å²) in [6.07, 6.45) is 2.97. The third kappa shape index (κ3) is 4.83. The standard InChI is InChI=1S/C20H30N2O2/c1-5-16(15-10-7-6-8-11-15)21-19(24)17-12-9-13-22(17)18(23)14-20(2,3)4/h6-8,10-11,16-17H,5,9,12-14H2,1-4H3,(H,21,24)/t16-,17+/m1/s1. The summed E-state index contributed by atoms with van der Waals surface area (Å²) in [4.78, 5) is 27.1. The van der Waals surface area contributed by atoms with Gasteiger partial charge in [0.25, 0.3) is 0 Å². The number of nitrogens with one attached hydrogen (secondary N) is 1. The summed E-state index contributed by atoms with van der Waals surface area (Å²) >= 11 is 0. The summed E-state index contributed by atoms with van der Waals surface area (Å²) in [5.74, 6) is 0.0679. The summed E-state index contributed by atoms with van der Waals surface area (Å²) in [7, 11) is 0. The van der Waals surface area contributed by atoms with Crippen molar-refractivity contribution in [2.45, 2.75) is 65.5 Å². The van der Waals surface area contributed by atoms with Gasteiger partial charge in [-0.1, -0.05) is 58.0 Å². The smallest absolute Gasteiger partial charge is 0.243 e. The summed E-state index contributed by atoms with van der Waals surface area (Å²) in [6.45, 7) is 8.92. The number of hydrogen-bond donors (Lipinski definition) is 1. The molecule has 0 radical (unpaired) electrons. The maximum absolute atomic E-state index is 12.8. The molecule has 0 aliphatic carbocycles. The van der Waals surface area contributed by atoms with Gasteiger partial charge in [-0.3, -0.25) is 9.59 Å². The van der Waals surface area contributed by atoms with Crippen molar-refractivity contribution < 1.29 is 9.59 Å². The SMILES string of the molecule is CC[C@@H](NC(=O)[C@@H]1CCCN1C(=O)CC(C)(C)C)c1ccccc1. The fourth-order valence-corrected chi connectivity index (χ4v) is 3.27. The minimum absolute atomic E-state index is 0.00105. The first-order valence-electron chi connectivity index (χ1n) is 8.96. The monoisotopic (exact) mass is 330 g/mol. The molecule has 4 heteroatoms. The Labute approximate surface area is 145 Å². The van der Waals surface area contributed by atoms with Gasteiger partial charge in [0, 0.05) is 13.0 Å². The molecular formula is C20H30N2O2. The largest absolute Gasteiger partial charge is 0.348 e. The highest BCUT2D eigenvalue weighted by atomic mass is 16.2. The zero-order valence-corrected chi connectivity index (χ0v) is 15.3. The van der Waals surface area contributed by atoms with Crippen molar-refractivity contribution in [2.24, 2.45) is 5.41 Å². The number of amides is 2. The van der Waals surface area contributed by atoms with Crippen LogP contribution in [0.2, 0.25) is 0 Å². The molecule has 0 aromatic heterocycles. The van der Waals surface area contributed by atoms with Gasteiger partial charge in [0.2, 0.25) is 11.8 Å². The molecule has 2 amide bonds. The van der Waals surface area contributed by atoms with Crippen LogP contribution < -0.4 is 5.32 Å². The van der Waals surface area contributed by atoms with Gasteiger partial charge in [-0.05, 0) is 30.2 Å². The van der Waals surface area contributed by atoms with E-state index in [9.17, 15) is 9.59 Å². The van der Waals surface area contributed by atoms with Gasteiger partial charge >= 0.3 is 0 Å². The Morgan fingerprint density at radius 1 is 1.25 bits per heavy atom. The minimum Gasteiger partial charge on any atom is -0.348 e. The number of carbonyl (C=O) groups excluding carboxylic acids is 2. The molecule has 1 fully saturated rings. The lowest BCUT2D eigenvalue weighted by atomic mass is 9.91. The Kier molecular flexibility index (Phi) is 6.03. The average Bonchev–Trinajstić information content (AvgIpc) is 3.01. The average molecular weight is 330 g/mol. The Hall–Kier alpha value is -1.84. The highest BCUT2D eigenvalue weighted by molar-refractivity contribution is 5.88. The molecule has 1 aliphatic heterocycles. The van der Waals surface area contributed by atoms with Gasteiger partial charge in [0.1, 0.15) is 6.04 Å². The molecule has 0 saturated carbocycles. The molecule has 1 aromatic carbocycles. The number of nitrogens with zero attached hydrogens (tertiary/aromatic N) is 1. The van der Waals surface area contributed by atoms with Crippen molar-refractivity contribution in [3.63, 3.8) is 0 Å². The quantitative estimate of drug-likeness (QED) is 0.895. The van der Waals surface area contributed by atoms with E-state index in [0.29, 0.717) is 13.0 Å². The fourth-order valence-electron chi connectivity index (χ4n) is 3.27. The second-order valence-electron chi connectivity index (χ2n) is 7.86. The maximum atomic E-state index is 12.8. The summed E-state index contributed by atoms with van der Waals surface area (Å²) < 4.78 is 0. The first-order chi connectivity index (χ1) is 11.3. The van der Waals surface area contributed by atoms with Crippen LogP contribution in [0.15, 0.2) is 30.3 Å². The lowest BCUT2D eigenvalue weighted by molar-refractivity contribution is -0.140. The van der Waals surface area contributed by atoms with E-state index in [-0.39, 0.29) is 29.3 Å².